The molecule has 0 aliphatic carbocycles. The molecule has 2 heteroatoms. The Bertz CT molecular complexity index is 536. The van der Waals surface area contributed by atoms with Crippen LogP contribution in [0, 0.1) is 0 Å². The van der Waals surface area contributed by atoms with E-state index in [1.54, 1.807) is 7.11 Å². The van der Waals surface area contributed by atoms with Crippen LogP contribution in [0.3, 0.4) is 0 Å². The molecule has 0 aromatic heterocycles. The zero-order valence-corrected chi connectivity index (χ0v) is 10.6. The van der Waals surface area contributed by atoms with Crippen molar-refractivity contribution in [1.29, 1.82) is 0 Å². The molecule has 0 saturated carbocycles. The first-order valence-corrected chi connectivity index (χ1v) is 6.32. The number of ether oxygens (including phenoxy) is 1. The van der Waals surface area contributed by atoms with Gasteiger partial charge in [0.05, 0.1) is 7.11 Å². The first-order chi connectivity index (χ1) is 8.86. The van der Waals surface area contributed by atoms with Gasteiger partial charge in [0, 0.05) is 18.8 Å². The van der Waals surface area contributed by atoms with Crippen LogP contribution in [0.4, 0.5) is 5.69 Å². The number of hydrogen-bond acceptors (Lipinski definition) is 2. The molecule has 3 rings (SSSR count). The smallest absolute Gasteiger partial charge is 0.119 e. The summed E-state index contributed by atoms with van der Waals surface area (Å²) in [7, 11) is 1.72. The van der Waals surface area contributed by atoms with Crippen molar-refractivity contribution in [3.8, 4) is 5.75 Å². The van der Waals surface area contributed by atoms with Crippen molar-refractivity contribution in [3.05, 3.63) is 59.7 Å². The van der Waals surface area contributed by atoms with Gasteiger partial charge in [-0.25, -0.2) is 0 Å². The van der Waals surface area contributed by atoms with Crippen LogP contribution in [0.2, 0.25) is 0 Å². The summed E-state index contributed by atoms with van der Waals surface area (Å²) in [5.74, 6) is 0.948. The van der Waals surface area contributed by atoms with Gasteiger partial charge in [-0.05, 0) is 41.8 Å². The fraction of sp³-hybridized carbons (Fsp3) is 0.250. The Morgan fingerprint density at radius 3 is 2.61 bits per heavy atom. The van der Waals surface area contributed by atoms with Gasteiger partial charge in [-0.1, -0.05) is 24.3 Å². The molecule has 92 valence electrons. The lowest BCUT2D eigenvalue weighted by atomic mass is 9.99. The molecule has 0 spiro atoms. The first kappa shape index (κ1) is 11.1. The Morgan fingerprint density at radius 2 is 1.83 bits per heavy atom. The van der Waals surface area contributed by atoms with Gasteiger partial charge < -0.3 is 9.64 Å². The predicted molar refractivity (Wildman–Crippen MR) is 74.2 cm³/mol. The van der Waals surface area contributed by atoms with E-state index in [4.69, 9.17) is 4.74 Å². The topological polar surface area (TPSA) is 12.5 Å². The second kappa shape index (κ2) is 4.73. The maximum absolute atomic E-state index is 5.30. The van der Waals surface area contributed by atoms with Gasteiger partial charge in [-0.3, -0.25) is 0 Å². The van der Waals surface area contributed by atoms with Crippen molar-refractivity contribution in [2.45, 2.75) is 13.0 Å². The molecule has 1 aliphatic heterocycles. The summed E-state index contributed by atoms with van der Waals surface area (Å²) in [5.41, 5.74) is 4.12. The standard InChI is InChI=1S/C16H17NO/c1-18-16-8-7-13-9-10-17(12-14(13)11-16)15-5-3-2-4-6-15/h2-8,11H,9-10,12H2,1H3. The van der Waals surface area contributed by atoms with Crippen LogP contribution in [-0.2, 0) is 13.0 Å². The van der Waals surface area contributed by atoms with Crippen LogP contribution >= 0.6 is 0 Å². The number of benzene rings is 2. The molecule has 0 atom stereocenters. The molecule has 2 aromatic rings. The lowest BCUT2D eigenvalue weighted by Crippen LogP contribution is -2.30. The first-order valence-electron chi connectivity index (χ1n) is 6.32. The monoisotopic (exact) mass is 239 g/mol. The fourth-order valence-corrected chi connectivity index (χ4v) is 2.52. The molecule has 0 radical (unpaired) electrons. The van der Waals surface area contributed by atoms with Crippen molar-refractivity contribution in [2.24, 2.45) is 0 Å². The van der Waals surface area contributed by atoms with Crippen LogP contribution in [0.15, 0.2) is 48.5 Å². The highest BCUT2D eigenvalue weighted by molar-refractivity contribution is 5.50. The van der Waals surface area contributed by atoms with Gasteiger partial charge in [-0.2, -0.15) is 0 Å². The van der Waals surface area contributed by atoms with Gasteiger partial charge >= 0.3 is 0 Å². The van der Waals surface area contributed by atoms with Crippen LogP contribution in [-0.4, -0.2) is 13.7 Å². The quantitative estimate of drug-likeness (QED) is 0.797. The summed E-state index contributed by atoms with van der Waals surface area (Å²) in [6.45, 7) is 2.06. The highest BCUT2D eigenvalue weighted by Crippen LogP contribution is 2.26. The second-order valence-electron chi connectivity index (χ2n) is 4.64. The summed E-state index contributed by atoms with van der Waals surface area (Å²) in [6, 6.07) is 17.0. The van der Waals surface area contributed by atoms with E-state index in [1.807, 2.05) is 0 Å². The summed E-state index contributed by atoms with van der Waals surface area (Å²) in [5, 5.41) is 0. The van der Waals surface area contributed by atoms with E-state index >= 15 is 0 Å². The number of para-hydroxylation sites is 1. The maximum Gasteiger partial charge on any atom is 0.119 e. The van der Waals surface area contributed by atoms with Crippen LogP contribution < -0.4 is 9.64 Å². The predicted octanol–water partition coefficient (Wildman–Crippen LogP) is 3.26. The van der Waals surface area contributed by atoms with Crippen molar-refractivity contribution in [3.63, 3.8) is 0 Å². The molecule has 0 amide bonds. The molecule has 18 heavy (non-hydrogen) atoms. The van der Waals surface area contributed by atoms with E-state index in [0.29, 0.717) is 0 Å². The van der Waals surface area contributed by atoms with Crippen LogP contribution in [0.1, 0.15) is 11.1 Å². The minimum absolute atomic E-state index is 0.948. The van der Waals surface area contributed by atoms with Crippen molar-refractivity contribution < 1.29 is 4.74 Å². The molecule has 0 bridgehead atoms. The van der Waals surface area contributed by atoms with Crippen molar-refractivity contribution in [1.82, 2.24) is 0 Å². The summed E-state index contributed by atoms with van der Waals surface area (Å²) in [6.07, 6.45) is 1.11. The summed E-state index contributed by atoms with van der Waals surface area (Å²) >= 11 is 0. The van der Waals surface area contributed by atoms with E-state index in [2.05, 4.69) is 53.4 Å². The largest absolute Gasteiger partial charge is 0.497 e. The van der Waals surface area contributed by atoms with E-state index in [9.17, 15) is 0 Å². The van der Waals surface area contributed by atoms with E-state index in [0.717, 1.165) is 25.3 Å². The molecule has 0 fully saturated rings. The van der Waals surface area contributed by atoms with Crippen molar-refractivity contribution >= 4 is 5.69 Å². The Morgan fingerprint density at radius 1 is 1.00 bits per heavy atom. The van der Waals surface area contributed by atoms with Crippen molar-refractivity contribution in [2.75, 3.05) is 18.6 Å². The Labute approximate surface area is 108 Å². The lowest BCUT2D eigenvalue weighted by Gasteiger charge is -2.31. The molecular weight excluding hydrogens is 222 g/mol. The normalized spacial score (nSPS) is 14.2. The molecule has 0 unspecified atom stereocenters. The molecule has 1 heterocycles. The number of methoxy groups -OCH3 is 1. The number of anilines is 1. The van der Waals surface area contributed by atoms with Crippen LogP contribution in [0.25, 0.3) is 0 Å². The molecular formula is C16H17NO. The number of fused-ring (bicyclic) bond motifs is 1. The summed E-state index contributed by atoms with van der Waals surface area (Å²) in [4.78, 5) is 2.42. The third kappa shape index (κ3) is 2.06. The van der Waals surface area contributed by atoms with E-state index in [1.165, 1.54) is 16.8 Å². The average molecular weight is 239 g/mol. The SMILES string of the molecule is COc1ccc2c(c1)CN(c1ccccc1)CC2. The minimum atomic E-state index is 0.948. The number of rotatable bonds is 2. The fourth-order valence-electron chi connectivity index (χ4n) is 2.52. The minimum Gasteiger partial charge on any atom is -0.497 e. The van der Waals surface area contributed by atoms with E-state index < -0.39 is 0 Å². The second-order valence-corrected chi connectivity index (χ2v) is 4.64. The van der Waals surface area contributed by atoms with Gasteiger partial charge in [0.15, 0.2) is 0 Å². The average Bonchev–Trinajstić information content (AvgIpc) is 2.47. The van der Waals surface area contributed by atoms with E-state index in [-0.39, 0.29) is 0 Å². The molecule has 2 aromatic carbocycles. The lowest BCUT2D eigenvalue weighted by molar-refractivity contribution is 0.413. The molecule has 1 aliphatic rings. The number of hydrogen-bond donors (Lipinski definition) is 0. The molecule has 0 saturated heterocycles. The zero-order valence-electron chi connectivity index (χ0n) is 10.6. The maximum atomic E-state index is 5.30. The molecule has 0 N–H and O–H groups in total. The highest BCUT2D eigenvalue weighted by Gasteiger charge is 2.16. The summed E-state index contributed by atoms with van der Waals surface area (Å²) < 4.78 is 5.30. The highest BCUT2D eigenvalue weighted by atomic mass is 16.5. The third-order valence-corrected chi connectivity index (χ3v) is 3.55. The number of nitrogens with zero attached hydrogens (tertiary/aromatic N) is 1. The van der Waals surface area contributed by atoms with Crippen LogP contribution in [0.5, 0.6) is 5.75 Å². The van der Waals surface area contributed by atoms with Gasteiger partial charge in [0.25, 0.3) is 0 Å². The van der Waals surface area contributed by atoms with Gasteiger partial charge in [0.2, 0.25) is 0 Å². The third-order valence-electron chi connectivity index (χ3n) is 3.55. The Kier molecular flexibility index (Phi) is 2.93. The van der Waals surface area contributed by atoms with Gasteiger partial charge in [0.1, 0.15) is 5.75 Å². The Hall–Kier alpha value is -1.96. The Balaban J connectivity index is 1.88. The van der Waals surface area contributed by atoms with Gasteiger partial charge in [-0.15, -0.1) is 0 Å². The zero-order chi connectivity index (χ0) is 12.4. The molecule has 2 nitrogen and oxygen atoms in total.